The van der Waals surface area contributed by atoms with Gasteiger partial charge in [-0.3, -0.25) is 4.90 Å². The lowest BCUT2D eigenvalue weighted by atomic mass is 9.93. The molecule has 26 heavy (non-hydrogen) atoms. The van der Waals surface area contributed by atoms with Crippen molar-refractivity contribution in [1.29, 1.82) is 0 Å². The standard InChI is InChI=1S/C21H24F3NO/c22-21(23,24)19-6-4-5-18(15-19)16-25-12-9-17(10-13-25)11-14-26-20-7-2-1-3-8-20/h1-8,15,17H,9-14,16H2. The molecule has 1 heterocycles. The van der Waals surface area contributed by atoms with E-state index in [-0.39, 0.29) is 0 Å². The Morgan fingerprint density at radius 1 is 0.962 bits per heavy atom. The molecule has 0 radical (unpaired) electrons. The summed E-state index contributed by atoms with van der Waals surface area (Å²) in [6, 6.07) is 15.5. The number of halogens is 3. The van der Waals surface area contributed by atoms with Crippen molar-refractivity contribution in [3.8, 4) is 5.75 Å². The van der Waals surface area contributed by atoms with Crippen molar-refractivity contribution in [2.75, 3.05) is 19.7 Å². The Bertz CT molecular complexity index is 679. The minimum absolute atomic E-state index is 0.567. The molecule has 3 rings (SSSR count). The van der Waals surface area contributed by atoms with E-state index < -0.39 is 11.7 Å². The third kappa shape index (κ3) is 5.49. The summed E-state index contributed by atoms with van der Waals surface area (Å²) in [4.78, 5) is 2.24. The van der Waals surface area contributed by atoms with E-state index >= 15 is 0 Å². The number of ether oxygens (including phenoxy) is 1. The van der Waals surface area contributed by atoms with E-state index in [2.05, 4.69) is 4.90 Å². The smallest absolute Gasteiger partial charge is 0.416 e. The first kappa shape index (κ1) is 18.8. The van der Waals surface area contributed by atoms with Crippen molar-refractivity contribution < 1.29 is 17.9 Å². The summed E-state index contributed by atoms with van der Waals surface area (Å²) in [5.74, 6) is 1.52. The molecule has 0 amide bonds. The predicted molar refractivity (Wildman–Crippen MR) is 96.0 cm³/mol. The molecular weight excluding hydrogens is 339 g/mol. The van der Waals surface area contributed by atoms with Crippen LogP contribution in [-0.2, 0) is 12.7 Å². The minimum atomic E-state index is -4.28. The molecule has 0 unspecified atom stereocenters. The van der Waals surface area contributed by atoms with Gasteiger partial charge < -0.3 is 4.74 Å². The van der Waals surface area contributed by atoms with Gasteiger partial charge in [-0.1, -0.05) is 36.4 Å². The second-order valence-electron chi connectivity index (χ2n) is 6.87. The molecule has 2 aromatic carbocycles. The maximum Gasteiger partial charge on any atom is 0.416 e. The van der Waals surface area contributed by atoms with Crippen molar-refractivity contribution in [3.63, 3.8) is 0 Å². The molecular formula is C21H24F3NO. The number of benzene rings is 2. The Kier molecular flexibility index (Phi) is 6.20. The minimum Gasteiger partial charge on any atom is -0.494 e. The molecule has 5 heteroatoms. The zero-order valence-electron chi connectivity index (χ0n) is 14.7. The molecule has 0 bridgehead atoms. The van der Waals surface area contributed by atoms with E-state index in [4.69, 9.17) is 4.74 Å². The van der Waals surface area contributed by atoms with Gasteiger partial charge in [0.15, 0.2) is 0 Å². The summed E-state index contributed by atoms with van der Waals surface area (Å²) in [6.45, 7) is 3.14. The van der Waals surface area contributed by atoms with Gasteiger partial charge in [-0.15, -0.1) is 0 Å². The first-order valence-corrected chi connectivity index (χ1v) is 9.07. The highest BCUT2D eigenvalue weighted by molar-refractivity contribution is 5.25. The molecule has 0 aliphatic carbocycles. The number of para-hydroxylation sites is 1. The summed E-state index contributed by atoms with van der Waals surface area (Å²) in [5, 5.41) is 0. The van der Waals surface area contributed by atoms with Crippen LogP contribution in [0, 0.1) is 5.92 Å². The summed E-state index contributed by atoms with van der Waals surface area (Å²) in [6.07, 6.45) is -1.12. The van der Waals surface area contributed by atoms with Gasteiger partial charge in [0.05, 0.1) is 12.2 Å². The van der Waals surface area contributed by atoms with Crippen LogP contribution in [0.1, 0.15) is 30.4 Å². The average molecular weight is 363 g/mol. The fraction of sp³-hybridized carbons (Fsp3) is 0.429. The molecule has 140 valence electrons. The number of piperidine rings is 1. The molecule has 0 spiro atoms. The highest BCUT2D eigenvalue weighted by atomic mass is 19.4. The van der Waals surface area contributed by atoms with Gasteiger partial charge in [-0.05, 0) is 62.0 Å². The Morgan fingerprint density at radius 2 is 1.69 bits per heavy atom. The SMILES string of the molecule is FC(F)(F)c1cccc(CN2CCC(CCOc3ccccc3)CC2)c1. The van der Waals surface area contributed by atoms with E-state index in [0.29, 0.717) is 19.1 Å². The van der Waals surface area contributed by atoms with Crippen LogP contribution in [-0.4, -0.2) is 24.6 Å². The summed E-state index contributed by atoms with van der Waals surface area (Å²) in [5.41, 5.74) is 0.161. The van der Waals surface area contributed by atoms with Gasteiger partial charge in [0.25, 0.3) is 0 Å². The zero-order chi connectivity index (χ0) is 18.4. The molecule has 0 atom stereocenters. The lowest BCUT2D eigenvalue weighted by Gasteiger charge is -2.32. The fourth-order valence-electron chi connectivity index (χ4n) is 3.40. The van der Waals surface area contributed by atoms with E-state index in [1.54, 1.807) is 6.07 Å². The van der Waals surface area contributed by atoms with E-state index in [9.17, 15) is 13.2 Å². The van der Waals surface area contributed by atoms with Crippen LogP contribution in [0.5, 0.6) is 5.75 Å². The third-order valence-corrected chi connectivity index (χ3v) is 4.91. The number of rotatable bonds is 6. The number of nitrogens with zero attached hydrogens (tertiary/aromatic N) is 1. The number of hydrogen-bond acceptors (Lipinski definition) is 2. The first-order chi connectivity index (χ1) is 12.5. The average Bonchev–Trinajstić information content (AvgIpc) is 2.64. The summed E-state index contributed by atoms with van der Waals surface area (Å²) >= 11 is 0. The first-order valence-electron chi connectivity index (χ1n) is 9.07. The Labute approximate surface area is 152 Å². The maximum atomic E-state index is 12.8. The van der Waals surface area contributed by atoms with Gasteiger partial charge in [0.1, 0.15) is 5.75 Å². The zero-order valence-corrected chi connectivity index (χ0v) is 14.7. The van der Waals surface area contributed by atoms with Gasteiger partial charge in [0, 0.05) is 6.54 Å². The second kappa shape index (κ2) is 8.58. The number of hydrogen-bond donors (Lipinski definition) is 0. The van der Waals surface area contributed by atoms with Crippen LogP contribution in [0.25, 0.3) is 0 Å². The van der Waals surface area contributed by atoms with Gasteiger partial charge in [0.2, 0.25) is 0 Å². The van der Waals surface area contributed by atoms with E-state index in [1.165, 1.54) is 12.1 Å². The Balaban J connectivity index is 1.41. The second-order valence-corrected chi connectivity index (χ2v) is 6.87. The highest BCUT2D eigenvalue weighted by Gasteiger charge is 2.30. The Morgan fingerprint density at radius 3 is 2.38 bits per heavy atom. The normalized spacial score (nSPS) is 16.6. The van der Waals surface area contributed by atoms with E-state index in [1.807, 2.05) is 30.3 Å². The summed E-state index contributed by atoms with van der Waals surface area (Å²) in [7, 11) is 0. The van der Waals surface area contributed by atoms with E-state index in [0.717, 1.165) is 49.7 Å². The molecule has 0 saturated carbocycles. The molecule has 2 nitrogen and oxygen atoms in total. The van der Waals surface area contributed by atoms with Crippen LogP contribution in [0.2, 0.25) is 0 Å². The lowest BCUT2D eigenvalue weighted by Crippen LogP contribution is -2.33. The lowest BCUT2D eigenvalue weighted by molar-refractivity contribution is -0.137. The van der Waals surface area contributed by atoms with Crippen molar-refractivity contribution in [2.45, 2.75) is 32.0 Å². The number of likely N-dealkylation sites (tertiary alicyclic amines) is 1. The highest BCUT2D eigenvalue weighted by Crippen LogP contribution is 2.30. The maximum absolute atomic E-state index is 12.8. The van der Waals surface area contributed by atoms with Crippen molar-refractivity contribution >= 4 is 0 Å². The molecule has 1 fully saturated rings. The van der Waals surface area contributed by atoms with Crippen molar-refractivity contribution in [3.05, 3.63) is 65.7 Å². The molecule has 1 saturated heterocycles. The number of alkyl halides is 3. The van der Waals surface area contributed by atoms with Gasteiger partial charge >= 0.3 is 6.18 Å². The monoisotopic (exact) mass is 363 g/mol. The van der Waals surface area contributed by atoms with Crippen LogP contribution < -0.4 is 4.74 Å². The van der Waals surface area contributed by atoms with Crippen molar-refractivity contribution in [2.24, 2.45) is 5.92 Å². The largest absolute Gasteiger partial charge is 0.494 e. The van der Waals surface area contributed by atoms with Crippen molar-refractivity contribution in [1.82, 2.24) is 4.90 Å². The fourth-order valence-corrected chi connectivity index (χ4v) is 3.40. The Hall–Kier alpha value is -2.01. The molecule has 0 aromatic heterocycles. The van der Waals surface area contributed by atoms with Crippen LogP contribution in [0.3, 0.4) is 0 Å². The van der Waals surface area contributed by atoms with Gasteiger partial charge in [-0.25, -0.2) is 0 Å². The van der Waals surface area contributed by atoms with Crippen LogP contribution >= 0.6 is 0 Å². The molecule has 1 aliphatic heterocycles. The third-order valence-electron chi connectivity index (χ3n) is 4.91. The summed E-state index contributed by atoms with van der Waals surface area (Å²) < 4.78 is 44.2. The predicted octanol–water partition coefficient (Wildman–Crippen LogP) is 5.39. The topological polar surface area (TPSA) is 12.5 Å². The van der Waals surface area contributed by atoms with Gasteiger partial charge in [-0.2, -0.15) is 13.2 Å². The molecule has 0 N–H and O–H groups in total. The molecule has 2 aromatic rings. The van der Waals surface area contributed by atoms with Crippen LogP contribution in [0.15, 0.2) is 54.6 Å². The van der Waals surface area contributed by atoms with Crippen LogP contribution in [0.4, 0.5) is 13.2 Å². The quantitative estimate of drug-likeness (QED) is 0.683. The molecule has 1 aliphatic rings.